The van der Waals surface area contributed by atoms with Crippen LogP contribution in [0.5, 0.6) is 0 Å². The zero-order valence-electron chi connectivity index (χ0n) is 13.2. The topological polar surface area (TPSA) is 101 Å². The fraction of sp³-hybridized carbons (Fsp3) is 0.0625. The molecule has 0 aliphatic heterocycles. The minimum atomic E-state index is -3.89. The lowest BCUT2D eigenvalue weighted by Crippen LogP contribution is -2.23. The lowest BCUT2D eigenvalue weighted by Gasteiger charge is -2.04. The Balaban J connectivity index is 1.64. The van der Waals surface area contributed by atoms with Gasteiger partial charge in [-0.15, -0.1) is 10.2 Å². The van der Waals surface area contributed by atoms with Crippen LogP contribution in [-0.4, -0.2) is 24.5 Å². The third-order valence-corrected chi connectivity index (χ3v) is 5.53. The first-order valence-corrected chi connectivity index (χ1v) is 9.68. The predicted octanol–water partition coefficient (Wildman–Crippen LogP) is 2.41. The molecule has 1 amide bonds. The van der Waals surface area contributed by atoms with Gasteiger partial charge in [-0.1, -0.05) is 35.6 Å². The van der Waals surface area contributed by atoms with E-state index in [9.17, 15) is 17.6 Å². The fourth-order valence-corrected chi connectivity index (χ4v) is 3.78. The Morgan fingerprint density at radius 2 is 1.85 bits per heavy atom. The van der Waals surface area contributed by atoms with Crippen molar-refractivity contribution in [2.45, 2.75) is 11.4 Å². The first-order valence-electron chi connectivity index (χ1n) is 7.38. The van der Waals surface area contributed by atoms with Gasteiger partial charge in [0.1, 0.15) is 10.8 Å². The fourth-order valence-electron chi connectivity index (χ4n) is 2.00. The lowest BCUT2D eigenvalue weighted by atomic mass is 10.3. The predicted molar refractivity (Wildman–Crippen MR) is 94.7 cm³/mol. The molecule has 0 unspecified atom stereocenters. The second-order valence-corrected chi connectivity index (χ2v) is 7.93. The maximum atomic E-state index is 13.2. The highest BCUT2D eigenvalue weighted by atomic mass is 32.2. The first kappa shape index (κ1) is 18.1. The van der Waals surface area contributed by atoms with Gasteiger partial charge in [0.2, 0.25) is 15.0 Å². The monoisotopic (exact) mass is 392 g/mol. The molecular weight excluding hydrogens is 379 g/mol. The lowest BCUT2D eigenvalue weighted by molar-refractivity contribution is 0.102. The number of sulfonamides is 1. The van der Waals surface area contributed by atoms with Crippen molar-refractivity contribution in [2.24, 2.45) is 0 Å². The van der Waals surface area contributed by atoms with Crippen LogP contribution in [0.4, 0.5) is 10.1 Å². The van der Waals surface area contributed by atoms with Crippen molar-refractivity contribution in [1.82, 2.24) is 14.9 Å². The third-order valence-electron chi connectivity index (χ3n) is 3.21. The van der Waals surface area contributed by atoms with E-state index in [4.69, 9.17) is 0 Å². The Hall–Kier alpha value is -2.69. The first-order chi connectivity index (χ1) is 12.4. The zero-order valence-corrected chi connectivity index (χ0v) is 14.8. The largest absolute Gasteiger partial charge is 0.320 e. The van der Waals surface area contributed by atoms with Crippen LogP contribution in [-0.2, 0) is 16.6 Å². The van der Waals surface area contributed by atoms with E-state index in [0.29, 0.717) is 10.7 Å². The summed E-state index contributed by atoms with van der Waals surface area (Å²) in [5.41, 5.74) is 0.612. The molecule has 1 aromatic heterocycles. The van der Waals surface area contributed by atoms with Gasteiger partial charge in [0.25, 0.3) is 5.91 Å². The molecule has 134 valence electrons. The molecule has 2 N–H and O–H groups in total. The van der Waals surface area contributed by atoms with E-state index < -0.39 is 21.7 Å². The highest BCUT2D eigenvalue weighted by molar-refractivity contribution is 7.89. The van der Waals surface area contributed by atoms with Crippen molar-refractivity contribution >= 4 is 33.0 Å². The molecule has 10 heteroatoms. The summed E-state index contributed by atoms with van der Waals surface area (Å²) in [5, 5.41) is 10.6. The summed E-state index contributed by atoms with van der Waals surface area (Å²) in [4.78, 5) is 11.9. The van der Waals surface area contributed by atoms with Gasteiger partial charge in [0.15, 0.2) is 0 Å². The van der Waals surface area contributed by atoms with E-state index in [1.165, 1.54) is 12.1 Å². The van der Waals surface area contributed by atoms with Gasteiger partial charge in [-0.25, -0.2) is 17.5 Å². The van der Waals surface area contributed by atoms with E-state index in [2.05, 4.69) is 20.2 Å². The maximum absolute atomic E-state index is 13.2. The van der Waals surface area contributed by atoms with Gasteiger partial charge in [-0.3, -0.25) is 4.79 Å². The number of hydrogen-bond acceptors (Lipinski definition) is 6. The third kappa shape index (κ3) is 4.48. The zero-order chi connectivity index (χ0) is 18.6. The molecule has 0 saturated carbocycles. The number of hydrogen-bond donors (Lipinski definition) is 2. The number of rotatable bonds is 6. The highest BCUT2D eigenvalue weighted by Crippen LogP contribution is 2.15. The average Bonchev–Trinajstić information content (AvgIpc) is 3.10. The summed E-state index contributed by atoms with van der Waals surface area (Å²) < 4.78 is 39.8. The van der Waals surface area contributed by atoms with Crippen molar-refractivity contribution in [3.8, 4) is 0 Å². The number of amides is 1. The Kier molecular flexibility index (Phi) is 5.35. The second-order valence-electron chi connectivity index (χ2n) is 5.10. The molecule has 3 aromatic rings. The number of aromatic nitrogens is 2. The number of nitrogens with one attached hydrogen (secondary N) is 2. The molecular formula is C16H13FN4O3S2. The van der Waals surface area contributed by atoms with Crippen LogP contribution in [0.1, 0.15) is 14.8 Å². The van der Waals surface area contributed by atoms with Crippen molar-refractivity contribution in [2.75, 3.05) is 5.32 Å². The molecule has 0 saturated heterocycles. The van der Waals surface area contributed by atoms with Crippen LogP contribution < -0.4 is 10.0 Å². The van der Waals surface area contributed by atoms with Gasteiger partial charge in [-0.2, -0.15) is 0 Å². The molecule has 1 heterocycles. The molecule has 0 bridgehead atoms. The van der Waals surface area contributed by atoms with Gasteiger partial charge in [0, 0.05) is 5.69 Å². The average molecular weight is 392 g/mol. The summed E-state index contributed by atoms with van der Waals surface area (Å²) >= 11 is 0.964. The van der Waals surface area contributed by atoms with Crippen LogP contribution in [0.2, 0.25) is 0 Å². The molecule has 3 rings (SSSR count). The van der Waals surface area contributed by atoms with E-state index in [1.807, 2.05) is 6.07 Å². The van der Waals surface area contributed by atoms with E-state index >= 15 is 0 Å². The Bertz CT molecular complexity index is 1020. The van der Waals surface area contributed by atoms with Gasteiger partial charge < -0.3 is 5.32 Å². The Morgan fingerprint density at radius 1 is 1.08 bits per heavy atom. The second kappa shape index (κ2) is 7.68. The van der Waals surface area contributed by atoms with Crippen molar-refractivity contribution in [1.29, 1.82) is 0 Å². The number of anilines is 1. The molecule has 26 heavy (non-hydrogen) atoms. The van der Waals surface area contributed by atoms with Crippen LogP contribution >= 0.6 is 11.3 Å². The van der Waals surface area contributed by atoms with Crippen molar-refractivity contribution < 1.29 is 17.6 Å². The molecule has 7 nitrogen and oxygen atoms in total. The number of carbonyl (C=O) groups is 1. The van der Waals surface area contributed by atoms with Crippen molar-refractivity contribution in [3.63, 3.8) is 0 Å². The van der Waals surface area contributed by atoms with Crippen molar-refractivity contribution in [3.05, 3.63) is 70.4 Å². The molecule has 0 aliphatic carbocycles. The normalized spacial score (nSPS) is 11.3. The number of para-hydroxylation sites is 1. The minimum Gasteiger partial charge on any atom is -0.320 e. The van der Waals surface area contributed by atoms with Crippen LogP contribution in [0, 0.1) is 5.82 Å². The van der Waals surface area contributed by atoms with E-state index in [-0.39, 0.29) is 16.4 Å². The molecule has 2 aromatic carbocycles. The Morgan fingerprint density at radius 3 is 2.58 bits per heavy atom. The molecule has 0 atom stereocenters. The van der Waals surface area contributed by atoms with Gasteiger partial charge >= 0.3 is 0 Å². The van der Waals surface area contributed by atoms with Crippen LogP contribution in [0.15, 0.2) is 59.5 Å². The van der Waals surface area contributed by atoms with Crippen LogP contribution in [0.25, 0.3) is 0 Å². The number of carbonyl (C=O) groups excluding carboxylic acids is 1. The Labute approximate surface area is 153 Å². The van der Waals surface area contributed by atoms with E-state index in [1.54, 1.807) is 24.3 Å². The highest BCUT2D eigenvalue weighted by Gasteiger charge is 2.17. The summed E-state index contributed by atoms with van der Waals surface area (Å²) in [5.74, 6) is -1.09. The summed E-state index contributed by atoms with van der Waals surface area (Å²) in [7, 11) is -3.89. The SMILES string of the molecule is O=C(Nc1ccccc1)c1nnc(CNS(=O)(=O)c2cccc(F)c2)s1. The van der Waals surface area contributed by atoms with Crippen LogP contribution in [0.3, 0.4) is 0 Å². The number of halogens is 1. The minimum absolute atomic E-state index is 0.105. The number of benzene rings is 2. The maximum Gasteiger partial charge on any atom is 0.286 e. The molecule has 0 radical (unpaired) electrons. The summed E-state index contributed by atoms with van der Waals surface area (Å²) in [6.45, 7) is -0.158. The summed E-state index contributed by atoms with van der Waals surface area (Å²) in [6.07, 6.45) is 0. The van der Waals surface area contributed by atoms with Gasteiger partial charge in [-0.05, 0) is 30.3 Å². The quantitative estimate of drug-likeness (QED) is 0.671. The summed E-state index contributed by atoms with van der Waals surface area (Å²) in [6, 6.07) is 13.5. The smallest absolute Gasteiger partial charge is 0.286 e. The molecule has 0 aliphatic rings. The van der Waals surface area contributed by atoms with E-state index in [0.717, 1.165) is 23.5 Å². The molecule has 0 spiro atoms. The standard InChI is InChI=1S/C16H13FN4O3S2/c17-11-5-4-8-13(9-11)26(23,24)18-10-14-20-21-16(25-14)15(22)19-12-6-2-1-3-7-12/h1-9,18H,10H2,(H,19,22). The number of nitrogens with zero attached hydrogens (tertiary/aromatic N) is 2. The molecule has 0 fully saturated rings. The van der Waals surface area contributed by atoms with Gasteiger partial charge in [0.05, 0.1) is 11.4 Å².